The standard InChI is InChI=1S/C8H8F3N3O3S/c1-7(4(15)16,8(9,10)11)14-5(17)13-6-12-2-3-18-6/h2-3H,1H3,(H,15,16)(H2,12,13,14,17). The molecule has 100 valence electrons. The van der Waals surface area contributed by atoms with Gasteiger partial charge in [0, 0.05) is 11.6 Å². The molecular formula is C8H8F3N3O3S. The van der Waals surface area contributed by atoms with Crippen molar-refractivity contribution in [2.24, 2.45) is 0 Å². The van der Waals surface area contributed by atoms with E-state index in [9.17, 15) is 22.8 Å². The molecule has 0 bridgehead atoms. The molecule has 0 aliphatic rings. The maximum absolute atomic E-state index is 12.6. The fourth-order valence-electron chi connectivity index (χ4n) is 0.886. The lowest BCUT2D eigenvalue weighted by molar-refractivity contribution is -0.203. The van der Waals surface area contributed by atoms with Crippen molar-refractivity contribution in [3.63, 3.8) is 0 Å². The third-order valence-electron chi connectivity index (χ3n) is 2.01. The van der Waals surface area contributed by atoms with E-state index in [0.29, 0.717) is 6.92 Å². The van der Waals surface area contributed by atoms with Gasteiger partial charge in [0.25, 0.3) is 0 Å². The summed E-state index contributed by atoms with van der Waals surface area (Å²) in [7, 11) is 0. The lowest BCUT2D eigenvalue weighted by Gasteiger charge is -2.28. The summed E-state index contributed by atoms with van der Waals surface area (Å²) in [6.07, 6.45) is -3.79. The first-order chi connectivity index (χ1) is 8.17. The summed E-state index contributed by atoms with van der Waals surface area (Å²) in [5.74, 6) is -2.20. The van der Waals surface area contributed by atoms with Crippen molar-refractivity contribution < 1.29 is 27.9 Å². The van der Waals surface area contributed by atoms with Crippen molar-refractivity contribution in [2.45, 2.75) is 18.6 Å². The number of carbonyl (C=O) groups is 2. The number of nitrogens with zero attached hydrogens (tertiary/aromatic N) is 1. The fraction of sp³-hybridized carbons (Fsp3) is 0.375. The number of hydrogen-bond donors (Lipinski definition) is 3. The highest BCUT2D eigenvalue weighted by Gasteiger charge is 2.58. The molecule has 3 N–H and O–H groups in total. The minimum absolute atomic E-state index is 0.0578. The van der Waals surface area contributed by atoms with E-state index in [2.05, 4.69) is 4.98 Å². The van der Waals surface area contributed by atoms with Crippen LogP contribution in [0.5, 0.6) is 0 Å². The molecule has 18 heavy (non-hydrogen) atoms. The number of thiazole rings is 1. The van der Waals surface area contributed by atoms with Crippen LogP contribution in [0.25, 0.3) is 0 Å². The Balaban J connectivity index is 2.80. The van der Waals surface area contributed by atoms with E-state index < -0.39 is 23.7 Å². The first kappa shape index (κ1) is 14.2. The first-order valence-corrected chi connectivity index (χ1v) is 5.33. The number of urea groups is 1. The number of rotatable bonds is 3. The molecule has 1 rings (SSSR count). The van der Waals surface area contributed by atoms with Gasteiger partial charge in [-0.1, -0.05) is 0 Å². The van der Waals surface area contributed by atoms with E-state index in [4.69, 9.17) is 5.11 Å². The largest absolute Gasteiger partial charge is 0.479 e. The minimum Gasteiger partial charge on any atom is -0.479 e. The van der Waals surface area contributed by atoms with Crippen LogP contribution >= 0.6 is 11.3 Å². The van der Waals surface area contributed by atoms with Crippen molar-refractivity contribution >= 4 is 28.5 Å². The van der Waals surface area contributed by atoms with Gasteiger partial charge >= 0.3 is 18.2 Å². The number of aliphatic carboxylic acids is 1. The smallest absolute Gasteiger partial charge is 0.422 e. The molecule has 0 radical (unpaired) electrons. The van der Waals surface area contributed by atoms with Gasteiger partial charge in [-0.3, -0.25) is 5.32 Å². The van der Waals surface area contributed by atoms with Gasteiger partial charge in [0.15, 0.2) is 5.13 Å². The van der Waals surface area contributed by atoms with Gasteiger partial charge in [0.1, 0.15) is 0 Å². The maximum Gasteiger partial charge on any atom is 0.422 e. The highest BCUT2D eigenvalue weighted by molar-refractivity contribution is 7.13. The highest BCUT2D eigenvalue weighted by Crippen LogP contribution is 2.30. The summed E-state index contributed by atoms with van der Waals surface area (Å²) >= 11 is 0.981. The molecule has 1 aromatic heterocycles. The topological polar surface area (TPSA) is 91.3 Å². The van der Waals surface area contributed by atoms with Crippen molar-refractivity contribution in [3.8, 4) is 0 Å². The Morgan fingerprint density at radius 1 is 1.44 bits per heavy atom. The Kier molecular flexibility index (Phi) is 3.79. The molecule has 1 unspecified atom stereocenters. The Morgan fingerprint density at radius 2 is 2.06 bits per heavy atom. The molecule has 1 aromatic rings. The predicted molar refractivity (Wildman–Crippen MR) is 56.4 cm³/mol. The Bertz CT molecular complexity index is 448. The summed E-state index contributed by atoms with van der Waals surface area (Å²) < 4.78 is 37.7. The Hall–Kier alpha value is -1.84. The van der Waals surface area contributed by atoms with Gasteiger partial charge in [-0.2, -0.15) is 13.2 Å². The molecule has 0 aliphatic heterocycles. The van der Waals surface area contributed by atoms with E-state index in [1.165, 1.54) is 16.9 Å². The normalized spacial score (nSPS) is 14.7. The summed E-state index contributed by atoms with van der Waals surface area (Å²) in [5, 5.41) is 13.5. The van der Waals surface area contributed by atoms with Crippen LogP contribution in [0.3, 0.4) is 0 Å². The van der Waals surface area contributed by atoms with Crippen LogP contribution in [0.15, 0.2) is 11.6 Å². The average Bonchev–Trinajstić information content (AvgIpc) is 2.67. The van der Waals surface area contributed by atoms with Crippen LogP contribution in [-0.2, 0) is 4.79 Å². The lowest BCUT2D eigenvalue weighted by Crippen LogP contribution is -2.62. The van der Waals surface area contributed by atoms with E-state index in [1.807, 2.05) is 5.32 Å². The molecule has 0 saturated carbocycles. The number of alkyl halides is 3. The summed E-state index contributed by atoms with van der Waals surface area (Å²) in [6.45, 7) is 0.358. The van der Waals surface area contributed by atoms with Crippen LogP contribution in [0.2, 0.25) is 0 Å². The lowest BCUT2D eigenvalue weighted by atomic mass is 10.0. The Labute approximate surface area is 103 Å². The molecule has 0 fully saturated rings. The van der Waals surface area contributed by atoms with Crippen LogP contribution in [0.1, 0.15) is 6.92 Å². The number of carboxylic acid groups (broad SMARTS) is 1. The SMILES string of the molecule is CC(NC(=O)Nc1nccs1)(C(=O)O)C(F)(F)F. The molecule has 0 aliphatic carbocycles. The molecule has 6 nitrogen and oxygen atoms in total. The van der Waals surface area contributed by atoms with Crippen molar-refractivity contribution in [3.05, 3.63) is 11.6 Å². The van der Waals surface area contributed by atoms with Gasteiger partial charge in [0.05, 0.1) is 0 Å². The van der Waals surface area contributed by atoms with Crippen molar-refractivity contribution in [1.29, 1.82) is 0 Å². The maximum atomic E-state index is 12.6. The van der Waals surface area contributed by atoms with E-state index in [1.54, 1.807) is 0 Å². The molecule has 0 saturated heterocycles. The molecule has 1 atom stereocenters. The third-order valence-corrected chi connectivity index (χ3v) is 2.70. The number of amides is 2. The van der Waals surface area contributed by atoms with Crippen LogP contribution in [0, 0.1) is 0 Å². The second-order valence-corrected chi connectivity index (χ2v) is 4.24. The molecule has 0 aromatic carbocycles. The number of hydrogen-bond acceptors (Lipinski definition) is 4. The zero-order chi connectivity index (χ0) is 14.0. The second kappa shape index (κ2) is 4.80. The van der Waals surface area contributed by atoms with Gasteiger partial charge < -0.3 is 10.4 Å². The van der Waals surface area contributed by atoms with Crippen molar-refractivity contribution in [2.75, 3.05) is 5.32 Å². The zero-order valence-corrected chi connectivity index (χ0v) is 9.72. The van der Waals surface area contributed by atoms with E-state index in [0.717, 1.165) is 11.3 Å². The number of halogens is 3. The summed E-state index contributed by atoms with van der Waals surface area (Å²) in [5.41, 5.74) is -3.37. The summed E-state index contributed by atoms with van der Waals surface area (Å²) in [4.78, 5) is 25.5. The zero-order valence-electron chi connectivity index (χ0n) is 8.91. The second-order valence-electron chi connectivity index (χ2n) is 3.34. The number of aromatic nitrogens is 1. The quantitative estimate of drug-likeness (QED) is 0.787. The molecule has 0 spiro atoms. The third kappa shape index (κ3) is 2.88. The number of nitrogens with one attached hydrogen (secondary N) is 2. The van der Waals surface area contributed by atoms with Crippen LogP contribution in [0.4, 0.5) is 23.1 Å². The predicted octanol–water partition coefficient (Wildman–Crippen LogP) is 1.67. The van der Waals surface area contributed by atoms with E-state index in [-0.39, 0.29) is 5.13 Å². The molecule has 1 heterocycles. The average molecular weight is 283 g/mol. The monoisotopic (exact) mass is 283 g/mol. The van der Waals surface area contributed by atoms with Gasteiger partial charge in [-0.25, -0.2) is 14.6 Å². The van der Waals surface area contributed by atoms with Crippen LogP contribution < -0.4 is 10.6 Å². The van der Waals surface area contributed by atoms with E-state index >= 15 is 0 Å². The number of carbonyl (C=O) groups excluding carboxylic acids is 1. The molecule has 10 heteroatoms. The minimum atomic E-state index is -5.13. The van der Waals surface area contributed by atoms with Gasteiger partial charge in [-0.05, 0) is 6.92 Å². The molecule has 2 amide bonds. The summed E-state index contributed by atoms with van der Waals surface area (Å²) in [6, 6.07) is -1.30. The number of carboxylic acids is 1. The van der Waals surface area contributed by atoms with Gasteiger partial charge in [0.2, 0.25) is 5.54 Å². The Morgan fingerprint density at radius 3 is 2.44 bits per heavy atom. The van der Waals surface area contributed by atoms with Crippen LogP contribution in [-0.4, -0.2) is 33.8 Å². The fourth-order valence-corrected chi connectivity index (χ4v) is 1.41. The van der Waals surface area contributed by atoms with Crippen molar-refractivity contribution in [1.82, 2.24) is 10.3 Å². The number of anilines is 1. The highest BCUT2D eigenvalue weighted by atomic mass is 32.1. The van der Waals surface area contributed by atoms with Gasteiger partial charge in [-0.15, -0.1) is 11.3 Å². The first-order valence-electron chi connectivity index (χ1n) is 4.45. The molecular weight excluding hydrogens is 275 g/mol.